The Kier molecular flexibility index (Phi) is 9.02. The summed E-state index contributed by atoms with van der Waals surface area (Å²) in [6.45, 7) is 0.508. The Hall–Kier alpha value is -2.02. The zero-order chi connectivity index (χ0) is 23.0. The molecule has 0 unspecified atom stereocenters. The predicted octanol–water partition coefficient (Wildman–Crippen LogP) is 3.95. The van der Waals surface area contributed by atoms with Crippen molar-refractivity contribution in [2.45, 2.75) is 42.5 Å². The topological polar surface area (TPSA) is 106 Å². The Morgan fingerprint density at radius 2 is 1.78 bits per heavy atom. The molecule has 171 valence electrons. The van der Waals surface area contributed by atoms with Gasteiger partial charge in [-0.25, -0.2) is 0 Å². The van der Waals surface area contributed by atoms with Gasteiger partial charge < -0.3 is 0 Å². The van der Waals surface area contributed by atoms with E-state index in [1.807, 2.05) is 6.07 Å². The van der Waals surface area contributed by atoms with E-state index in [0.29, 0.717) is 39.6 Å². The zero-order valence-electron chi connectivity index (χ0n) is 17.9. The van der Waals surface area contributed by atoms with E-state index in [1.54, 1.807) is 30.3 Å². The fourth-order valence-corrected chi connectivity index (χ4v) is 8.58. The van der Waals surface area contributed by atoms with Crippen molar-refractivity contribution < 1.29 is 18.1 Å². The van der Waals surface area contributed by atoms with Gasteiger partial charge in [-0.15, -0.1) is 0 Å². The number of nitro groups is 1. The SMILES string of the molecule is O=C(c1ccccc1)c1ccc([N+](=O)[O-])c(C[As]CCS(=O)(=O)NCC2CCCCC2)c1. The number of nitrogens with zero attached hydrogens (tertiary/aromatic N) is 1. The molecule has 1 saturated carbocycles. The standard InChI is InChI=1S/C23H28AsN2O5S/c27-23(19-9-5-2-6-10-19)20-11-12-22(26(28)29)21(15-20)16-24-13-14-32(30,31)25-17-18-7-3-1-4-8-18/h2,5-6,9-12,15,18,25H,1,3-4,7-8,13-14,16-17H2. The Bertz CT molecular complexity index is 1040. The van der Waals surface area contributed by atoms with E-state index in [0.717, 1.165) is 12.8 Å². The summed E-state index contributed by atoms with van der Waals surface area (Å²) in [7, 11) is -3.33. The fraction of sp³-hybridized carbons (Fsp3) is 0.435. The Morgan fingerprint density at radius 1 is 1.06 bits per heavy atom. The van der Waals surface area contributed by atoms with Crippen molar-refractivity contribution >= 4 is 37.2 Å². The van der Waals surface area contributed by atoms with E-state index < -0.39 is 30.7 Å². The van der Waals surface area contributed by atoms with Crippen LogP contribution in [0.15, 0.2) is 48.5 Å². The van der Waals surface area contributed by atoms with Gasteiger partial charge in [0.25, 0.3) is 0 Å². The third kappa shape index (κ3) is 7.26. The van der Waals surface area contributed by atoms with E-state index in [2.05, 4.69) is 4.72 Å². The summed E-state index contributed by atoms with van der Waals surface area (Å²) in [6.07, 6.45) is 5.73. The first-order valence-corrected chi connectivity index (χ1v) is 15.1. The van der Waals surface area contributed by atoms with Gasteiger partial charge in [0.1, 0.15) is 0 Å². The van der Waals surface area contributed by atoms with Gasteiger partial charge >= 0.3 is 196 Å². The number of nitrogens with one attached hydrogen (secondary N) is 1. The van der Waals surface area contributed by atoms with Crippen molar-refractivity contribution in [3.05, 3.63) is 75.3 Å². The third-order valence-electron chi connectivity index (χ3n) is 5.69. The van der Waals surface area contributed by atoms with Crippen LogP contribution in [0.2, 0.25) is 5.21 Å². The molecule has 0 bridgehead atoms. The first-order chi connectivity index (χ1) is 15.4. The summed E-state index contributed by atoms with van der Waals surface area (Å²) < 4.78 is 27.4. The van der Waals surface area contributed by atoms with Crippen LogP contribution in [0.25, 0.3) is 0 Å². The van der Waals surface area contributed by atoms with E-state index in [4.69, 9.17) is 0 Å². The van der Waals surface area contributed by atoms with Crippen LogP contribution in [0.4, 0.5) is 5.69 Å². The Balaban J connectivity index is 1.57. The van der Waals surface area contributed by atoms with Crippen molar-refractivity contribution in [1.29, 1.82) is 0 Å². The van der Waals surface area contributed by atoms with Crippen LogP contribution in [-0.2, 0) is 15.2 Å². The monoisotopic (exact) mass is 519 g/mol. The van der Waals surface area contributed by atoms with Crippen LogP contribution in [0, 0.1) is 16.0 Å². The van der Waals surface area contributed by atoms with Crippen molar-refractivity contribution in [3.63, 3.8) is 0 Å². The molecule has 0 amide bonds. The molecule has 0 spiro atoms. The molecule has 1 fully saturated rings. The first-order valence-electron chi connectivity index (χ1n) is 10.8. The maximum atomic E-state index is 12.7. The number of nitro benzene ring substituents is 1. The van der Waals surface area contributed by atoms with Gasteiger partial charge in [-0.1, -0.05) is 0 Å². The second-order valence-electron chi connectivity index (χ2n) is 8.07. The summed E-state index contributed by atoms with van der Waals surface area (Å²) in [5.74, 6) is 0.280. The van der Waals surface area contributed by atoms with Gasteiger partial charge in [0.15, 0.2) is 0 Å². The second kappa shape index (κ2) is 11.7. The van der Waals surface area contributed by atoms with Gasteiger partial charge in [-0.3, -0.25) is 0 Å². The van der Waals surface area contributed by atoms with E-state index in [-0.39, 0.29) is 17.2 Å². The molecule has 1 N–H and O–H groups in total. The molecule has 0 aromatic heterocycles. The maximum absolute atomic E-state index is 12.7. The van der Waals surface area contributed by atoms with Crippen LogP contribution in [0.5, 0.6) is 0 Å². The zero-order valence-corrected chi connectivity index (χ0v) is 20.6. The second-order valence-corrected chi connectivity index (χ2v) is 12.5. The molecule has 0 heterocycles. The number of benzene rings is 2. The molecule has 9 heteroatoms. The van der Waals surface area contributed by atoms with E-state index >= 15 is 0 Å². The van der Waals surface area contributed by atoms with Crippen LogP contribution in [0.1, 0.15) is 53.6 Å². The molecule has 2 aromatic rings. The average molecular weight is 519 g/mol. The van der Waals surface area contributed by atoms with Gasteiger partial charge in [0.05, 0.1) is 0 Å². The van der Waals surface area contributed by atoms with Crippen molar-refractivity contribution in [3.8, 4) is 0 Å². The molecule has 1 aliphatic rings. The molecule has 1 radical (unpaired) electrons. The van der Waals surface area contributed by atoms with Crippen molar-refractivity contribution in [2.24, 2.45) is 5.92 Å². The van der Waals surface area contributed by atoms with Gasteiger partial charge in [-0.2, -0.15) is 0 Å². The predicted molar refractivity (Wildman–Crippen MR) is 126 cm³/mol. The molecule has 1 aliphatic carbocycles. The fourth-order valence-electron chi connectivity index (χ4n) is 3.88. The number of ketones is 1. The Morgan fingerprint density at radius 3 is 2.47 bits per heavy atom. The normalized spacial score (nSPS) is 15.2. The van der Waals surface area contributed by atoms with Gasteiger partial charge in [0.2, 0.25) is 0 Å². The van der Waals surface area contributed by atoms with Gasteiger partial charge in [-0.05, 0) is 0 Å². The number of hydrogen-bond donors (Lipinski definition) is 1. The van der Waals surface area contributed by atoms with Crippen LogP contribution >= 0.6 is 0 Å². The van der Waals surface area contributed by atoms with E-state index in [1.165, 1.54) is 31.4 Å². The minimum atomic E-state index is -3.33. The summed E-state index contributed by atoms with van der Waals surface area (Å²) in [5, 5.41) is 12.3. The Labute approximate surface area is 195 Å². The molecule has 0 atom stereocenters. The third-order valence-corrected chi connectivity index (χ3v) is 10.0. The average Bonchev–Trinajstić information content (AvgIpc) is 2.81. The van der Waals surface area contributed by atoms with Crippen molar-refractivity contribution in [2.75, 3.05) is 12.3 Å². The molecule has 0 aliphatic heterocycles. The molecular weight excluding hydrogens is 491 g/mol. The number of rotatable bonds is 11. The minimum absolute atomic E-state index is 0.0248. The van der Waals surface area contributed by atoms with E-state index in [9.17, 15) is 23.3 Å². The van der Waals surface area contributed by atoms with Gasteiger partial charge in [0, 0.05) is 0 Å². The number of carbonyl (C=O) groups excluding carboxylic acids is 1. The molecule has 3 rings (SSSR count). The number of sulfonamides is 1. The number of carbonyl (C=O) groups is 1. The van der Waals surface area contributed by atoms with Crippen LogP contribution in [0.3, 0.4) is 0 Å². The van der Waals surface area contributed by atoms with Crippen LogP contribution in [-0.4, -0.2) is 47.2 Å². The summed E-state index contributed by atoms with van der Waals surface area (Å²) in [4.78, 5) is 23.7. The molecule has 0 saturated heterocycles. The molecule has 32 heavy (non-hydrogen) atoms. The summed E-state index contributed by atoms with van der Waals surface area (Å²) in [5.41, 5.74) is 1.39. The summed E-state index contributed by atoms with van der Waals surface area (Å²) in [6, 6.07) is 13.2. The first kappa shape index (κ1) is 24.6. The molecular formula is C23H28AsN2O5S. The summed E-state index contributed by atoms with van der Waals surface area (Å²) >= 11 is -0.450. The van der Waals surface area contributed by atoms with Crippen LogP contribution < -0.4 is 4.72 Å². The molecule has 2 aromatic carbocycles. The quantitative estimate of drug-likeness (QED) is 0.159. The van der Waals surface area contributed by atoms with Crippen molar-refractivity contribution in [1.82, 2.24) is 4.72 Å². The number of hydrogen-bond acceptors (Lipinski definition) is 5. The molecule has 7 nitrogen and oxygen atoms in total.